The van der Waals surface area contributed by atoms with Crippen molar-refractivity contribution in [1.29, 1.82) is 0 Å². The normalized spacial score (nSPS) is 11.0. The van der Waals surface area contributed by atoms with E-state index in [-0.39, 0.29) is 0 Å². The Kier molecular flexibility index (Phi) is 3.00. The molecule has 0 aliphatic carbocycles. The molecule has 0 spiro atoms. The smallest absolute Gasteiger partial charge is 0.191 e. The first-order chi connectivity index (χ1) is 7.31. The minimum Gasteiger partial charge on any atom is -0.382 e. The summed E-state index contributed by atoms with van der Waals surface area (Å²) < 4.78 is 0. The molecule has 80 valence electrons. The van der Waals surface area contributed by atoms with Gasteiger partial charge >= 0.3 is 0 Å². The lowest BCUT2D eigenvalue weighted by molar-refractivity contribution is 0.890. The molecule has 15 heavy (non-hydrogen) atoms. The maximum absolute atomic E-state index is 5.72. The number of hydrogen-bond donors (Lipinski definition) is 2. The minimum atomic E-state index is 0.382. The van der Waals surface area contributed by atoms with Crippen molar-refractivity contribution in [2.75, 3.05) is 11.5 Å². The van der Waals surface area contributed by atoms with Crippen LogP contribution in [0.2, 0.25) is 0 Å². The van der Waals surface area contributed by atoms with Crippen molar-refractivity contribution in [2.24, 2.45) is 0 Å². The lowest BCUT2D eigenvalue weighted by Crippen LogP contribution is -1.97. The van der Waals surface area contributed by atoms with Crippen LogP contribution in [0.5, 0.6) is 0 Å². The molecular weight excluding hydrogens is 212 g/mol. The second-order valence-corrected chi connectivity index (χ2v) is 4.16. The first kappa shape index (κ1) is 10.2. The molecule has 0 unspecified atom stereocenters. The van der Waals surface area contributed by atoms with Gasteiger partial charge in [-0.1, -0.05) is 30.3 Å². The molecule has 0 aliphatic heterocycles. The van der Waals surface area contributed by atoms with Crippen LogP contribution in [0, 0.1) is 0 Å². The van der Waals surface area contributed by atoms with E-state index in [1.807, 2.05) is 0 Å². The molecule has 0 saturated carbocycles. The number of nitrogen functional groups attached to an aromatic ring is 1. The molecule has 2 heterocycles. The number of aromatic amines is 1. The van der Waals surface area contributed by atoms with Crippen LogP contribution in [0.4, 0.5) is 5.82 Å². The second kappa shape index (κ2) is 4.43. The standard InChI is InChI=1S/C8H12N6S/c1-2-3-4-15-8-10-6(9)5-7(11-8)13-14-12-5/h2-4H2,1H3,(H3,9,10,11,12,13,14). The Bertz CT molecular complexity index is 453. The van der Waals surface area contributed by atoms with Gasteiger partial charge in [0.2, 0.25) is 0 Å². The summed E-state index contributed by atoms with van der Waals surface area (Å²) in [4.78, 5) is 8.41. The number of hydrogen-bond acceptors (Lipinski definition) is 6. The van der Waals surface area contributed by atoms with E-state index in [4.69, 9.17) is 5.73 Å². The fourth-order valence-electron chi connectivity index (χ4n) is 1.12. The molecular formula is C8H12N6S. The largest absolute Gasteiger partial charge is 0.382 e. The van der Waals surface area contributed by atoms with Gasteiger partial charge in [-0.15, -0.1) is 5.10 Å². The van der Waals surface area contributed by atoms with Crippen LogP contribution in [0.15, 0.2) is 5.16 Å². The van der Waals surface area contributed by atoms with Crippen molar-refractivity contribution in [2.45, 2.75) is 24.9 Å². The molecule has 0 radical (unpaired) electrons. The molecule has 2 aromatic rings. The maximum Gasteiger partial charge on any atom is 0.191 e. The third-order valence-corrected chi connectivity index (χ3v) is 2.86. The van der Waals surface area contributed by atoms with Gasteiger partial charge in [-0.3, -0.25) is 0 Å². The molecule has 6 nitrogen and oxygen atoms in total. The Labute approximate surface area is 91.1 Å². The molecule has 0 aromatic carbocycles. The Morgan fingerprint density at radius 1 is 1.40 bits per heavy atom. The van der Waals surface area contributed by atoms with E-state index >= 15 is 0 Å². The van der Waals surface area contributed by atoms with Crippen LogP contribution in [0.3, 0.4) is 0 Å². The quantitative estimate of drug-likeness (QED) is 0.461. The summed E-state index contributed by atoms with van der Waals surface area (Å²) in [5.41, 5.74) is 6.85. The molecule has 2 aromatic heterocycles. The molecule has 3 N–H and O–H groups in total. The highest BCUT2D eigenvalue weighted by Crippen LogP contribution is 2.19. The SMILES string of the molecule is CCCCSc1nc(N)c2nn[nH]c2n1. The number of H-pyrrole nitrogens is 1. The predicted molar refractivity (Wildman–Crippen MR) is 59.5 cm³/mol. The summed E-state index contributed by atoms with van der Waals surface area (Å²) in [5.74, 6) is 1.39. The molecule has 7 heteroatoms. The van der Waals surface area contributed by atoms with Crippen molar-refractivity contribution in [3.05, 3.63) is 0 Å². The fourth-order valence-corrected chi connectivity index (χ4v) is 2.06. The first-order valence-electron chi connectivity index (χ1n) is 4.78. The second-order valence-electron chi connectivity index (χ2n) is 3.10. The number of anilines is 1. The van der Waals surface area contributed by atoms with Crippen LogP contribution in [0.1, 0.15) is 19.8 Å². The number of nitrogens with two attached hydrogens (primary N) is 1. The van der Waals surface area contributed by atoms with E-state index in [1.54, 1.807) is 11.8 Å². The number of nitrogens with zero attached hydrogens (tertiary/aromatic N) is 4. The van der Waals surface area contributed by atoms with Gasteiger partial charge in [0.1, 0.15) is 0 Å². The van der Waals surface area contributed by atoms with Crippen molar-refractivity contribution >= 4 is 28.7 Å². The Morgan fingerprint density at radius 3 is 3.07 bits per heavy atom. The van der Waals surface area contributed by atoms with E-state index in [2.05, 4.69) is 32.3 Å². The lowest BCUT2D eigenvalue weighted by atomic mass is 10.4. The topological polar surface area (TPSA) is 93.4 Å². The fraction of sp³-hybridized carbons (Fsp3) is 0.500. The lowest BCUT2D eigenvalue weighted by Gasteiger charge is -1.99. The van der Waals surface area contributed by atoms with E-state index in [0.29, 0.717) is 22.1 Å². The number of thioether (sulfide) groups is 1. The van der Waals surface area contributed by atoms with Crippen molar-refractivity contribution in [3.63, 3.8) is 0 Å². The van der Waals surface area contributed by atoms with Crippen LogP contribution in [0.25, 0.3) is 11.2 Å². The van der Waals surface area contributed by atoms with Gasteiger partial charge < -0.3 is 5.73 Å². The zero-order valence-corrected chi connectivity index (χ0v) is 9.21. The Hall–Kier alpha value is -1.37. The Balaban J connectivity index is 2.21. The summed E-state index contributed by atoms with van der Waals surface area (Å²) in [6.45, 7) is 2.15. The van der Waals surface area contributed by atoms with Crippen molar-refractivity contribution in [1.82, 2.24) is 25.4 Å². The van der Waals surface area contributed by atoms with Gasteiger partial charge in [0.05, 0.1) is 0 Å². The first-order valence-corrected chi connectivity index (χ1v) is 5.77. The molecule has 0 aliphatic rings. The number of unbranched alkanes of at least 4 members (excludes halogenated alkanes) is 1. The summed E-state index contributed by atoms with van der Waals surface area (Å²) in [7, 11) is 0. The predicted octanol–water partition coefficient (Wildman–Crippen LogP) is 1.22. The minimum absolute atomic E-state index is 0.382. The zero-order chi connectivity index (χ0) is 10.7. The number of fused-ring (bicyclic) bond motifs is 1. The highest BCUT2D eigenvalue weighted by molar-refractivity contribution is 7.99. The molecule has 0 saturated heterocycles. The average Bonchev–Trinajstić information content (AvgIpc) is 2.66. The van der Waals surface area contributed by atoms with E-state index < -0.39 is 0 Å². The maximum atomic E-state index is 5.72. The van der Waals surface area contributed by atoms with Gasteiger partial charge in [0.15, 0.2) is 22.1 Å². The van der Waals surface area contributed by atoms with Crippen LogP contribution < -0.4 is 5.73 Å². The number of rotatable bonds is 4. The monoisotopic (exact) mass is 224 g/mol. The summed E-state index contributed by atoms with van der Waals surface area (Å²) >= 11 is 1.60. The molecule has 2 rings (SSSR count). The van der Waals surface area contributed by atoms with Gasteiger partial charge in [-0.2, -0.15) is 0 Å². The van der Waals surface area contributed by atoms with E-state index in [9.17, 15) is 0 Å². The van der Waals surface area contributed by atoms with Gasteiger partial charge in [0, 0.05) is 5.75 Å². The van der Waals surface area contributed by atoms with Crippen LogP contribution in [-0.4, -0.2) is 31.1 Å². The Morgan fingerprint density at radius 2 is 2.27 bits per heavy atom. The van der Waals surface area contributed by atoms with E-state index in [0.717, 1.165) is 18.6 Å². The van der Waals surface area contributed by atoms with Crippen molar-refractivity contribution < 1.29 is 0 Å². The number of nitrogens with one attached hydrogen (secondary N) is 1. The number of aromatic nitrogens is 5. The van der Waals surface area contributed by atoms with Crippen molar-refractivity contribution in [3.8, 4) is 0 Å². The third-order valence-electron chi connectivity index (χ3n) is 1.93. The molecule has 0 atom stereocenters. The average molecular weight is 224 g/mol. The molecule has 0 bridgehead atoms. The third kappa shape index (κ3) is 2.17. The highest BCUT2D eigenvalue weighted by Gasteiger charge is 2.08. The zero-order valence-electron chi connectivity index (χ0n) is 8.40. The van der Waals surface area contributed by atoms with E-state index in [1.165, 1.54) is 0 Å². The van der Waals surface area contributed by atoms with Gasteiger partial charge in [-0.25, -0.2) is 15.1 Å². The summed E-state index contributed by atoms with van der Waals surface area (Å²) in [6, 6.07) is 0. The molecule has 0 amide bonds. The summed E-state index contributed by atoms with van der Waals surface area (Å²) in [6.07, 6.45) is 2.31. The van der Waals surface area contributed by atoms with Crippen LogP contribution >= 0.6 is 11.8 Å². The highest BCUT2D eigenvalue weighted by atomic mass is 32.2. The molecule has 0 fully saturated rings. The van der Waals surface area contributed by atoms with Gasteiger partial charge in [-0.05, 0) is 6.42 Å². The van der Waals surface area contributed by atoms with Crippen LogP contribution in [-0.2, 0) is 0 Å². The summed E-state index contributed by atoms with van der Waals surface area (Å²) in [5, 5.41) is 10.8. The van der Waals surface area contributed by atoms with Gasteiger partial charge in [0.25, 0.3) is 0 Å².